The minimum Gasteiger partial charge on any atom is -0.351 e. The van der Waals surface area contributed by atoms with E-state index in [9.17, 15) is 18.8 Å². The Labute approximate surface area is 185 Å². The Morgan fingerprint density at radius 1 is 1.39 bits per heavy atom. The maximum atomic E-state index is 14.7. The second-order valence-electron chi connectivity index (χ2n) is 7.63. The Morgan fingerprint density at radius 2 is 2.13 bits per heavy atom. The van der Waals surface area contributed by atoms with Crippen LogP contribution >= 0.6 is 23.1 Å². The lowest BCUT2D eigenvalue weighted by atomic mass is 9.89. The Kier molecular flexibility index (Phi) is 5.85. The topological polar surface area (TPSA) is 107 Å². The summed E-state index contributed by atoms with van der Waals surface area (Å²) in [5, 5.41) is 1.94. The second-order valence-corrected chi connectivity index (χ2v) is 10.0. The highest BCUT2D eigenvalue weighted by atomic mass is 32.2. The molecule has 0 saturated heterocycles. The fraction of sp³-hybridized carbons (Fsp3) is 0.333. The lowest BCUT2D eigenvalue weighted by Crippen LogP contribution is -2.39. The number of benzene rings is 1. The molecule has 4 rings (SSSR count). The van der Waals surface area contributed by atoms with Crippen LogP contribution in [0.25, 0.3) is 15.9 Å². The molecule has 1 aromatic carbocycles. The third-order valence-electron chi connectivity index (χ3n) is 5.29. The first kappa shape index (κ1) is 21.5. The smallest absolute Gasteiger partial charge is 0.318 e. The number of imide groups is 1. The lowest BCUT2D eigenvalue weighted by molar-refractivity contribution is -0.119. The normalized spacial score (nSPS) is 16.7. The number of hydrogen-bond acceptors (Lipinski definition) is 6. The van der Waals surface area contributed by atoms with Gasteiger partial charge in [-0.05, 0) is 49.8 Å². The van der Waals surface area contributed by atoms with Crippen LogP contribution in [0.2, 0.25) is 0 Å². The number of rotatable bonds is 4. The van der Waals surface area contributed by atoms with Gasteiger partial charge in [-0.15, -0.1) is 11.3 Å². The average Bonchev–Trinajstić information content (AvgIpc) is 3.06. The number of aromatic nitrogens is 2. The van der Waals surface area contributed by atoms with E-state index in [1.54, 1.807) is 19.1 Å². The first-order chi connectivity index (χ1) is 14.8. The molecular formula is C21H21FN4O3S2. The minimum absolute atomic E-state index is 0.0658. The number of para-hydroxylation sites is 1. The quantitative estimate of drug-likeness (QED) is 0.458. The molecule has 2 atom stereocenters. The number of nitrogens with zero attached hydrogens (tertiary/aromatic N) is 2. The molecule has 0 fully saturated rings. The van der Waals surface area contributed by atoms with Crippen molar-refractivity contribution in [3.63, 3.8) is 0 Å². The van der Waals surface area contributed by atoms with Crippen LogP contribution in [0.5, 0.6) is 0 Å². The minimum atomic E-state index is -0.965. The first-order valence-electron chi connectivity index (χ1n) is 9.85. The summed E-state index contributed by atoms with van der Waals surface area (Å²) in [4.78, 5) is 43.2. The van der Waals surface area contributed by atoms with E-state index in [0.717, 1.165) is 41.5 Å². The van der Waals surface area contributed by atoms with E-state index in [0.29, 0.717) is 16.1 Å². The van der Waals surface area contributed by atoms with Crippen LogP contribution in [0.4, 0.5) is 9.18 Å². The Balaban J connectivity index is 1.91. The van der Waals surface area contributed by atoms with Crippen LogP contribution in [-0.4, -0.2) is 26.7 Å². The zero-order valence-corrected chi connectivity index (χ0v) is 18.6. The predicted octanol–water partition coefficient (Wildman–Crippen LogP) is 3.39. The van der Waals surface area contributed by atoms with Crippen LogP contribution in [0.1, 0.15) is 30.7 Å². The van der Waals surface area contributed by atoms with Crippen LogP contribution in [0.15, 0.2) is 34.2 Å². The van der Waals surface area contributed by atoms with E-state index in [-0.39, 0.29) is 16.4 Å². The zero-order chi connectivity index (χ0) is 22.3. The summed E-state index contributed by atoms with van der Waals surface area (Å²) in [7, 11) is 0. The third kappa shape index (κ3) is 4.09. The number of urea groups is 1. The fourth-order valence-electron chi connectivity index (χ4n) is 3.73. The third-order valence-corrected chi connectivity index (χ3v) is 7.49. The monoisotopic (exact) mass is 460 g/mol. The van der Waals surface area contributed by atoms with Crippen LogP contribution in [0.3, 0.4) is 0 Å². The largest absolute Gasteiger partial charge is 0.351 e. The molecular weight excluding hydrogens is 439 g/mol. The number of nitrogens with one attached hydrogen (secondary N) is 1. The molecule has 1 aliphatic rings. The molecule has 0 bridgehead atoms. The van der Waals surface area contributed by atoms with Gasteiger partial charge in [-0.1, -0.05) is 30.8 Å². The number of amides is 3. The highest BCUT2D eigenvalue weighted by molar-refractivity contribution is 8.00. The summed E-state index contributed by atoms with van der Waals surface area (Å²) in [6, 6.07) is 4.99. The van der Waals surface area contributed by atoms with E-state index >= 15 is 0 Å². The molecule has 162 valence electrons. The van der Waals surface area contributed by atoms with Crippen molar-refractivity contribution in [2.24, 2.45) is 11.7 Å². The van der Waals surface area contributed by atoms with Crippen molar-refractivity contribution in [3.05, 3.63) is 50.9 Å². The molecule has 3 N–H and O–H groups in total. The van der Waals surface area contributed by atoms with Crippen molar-refractivity contribution in [2.45, 2.75) is 43.5 Å². The standard InChI is InChI=1S/C21H21FN4O3S2/c1-10-7-8-12-15(9-10)31-18-16(12)19(28)26(14-6-4-3-5-13(14)22)21(25-18)30-11(2)17(27)24-20(23)29/h3-6,10-11H,7-9H2,1-2H3,(H3,23,24,27,29)/t10-,11+/m0/s1. The van der Waals surface area contributed by atoms with Crippen LogP contribution < -0.4 is 16.6 Å². The number of thiophene rings is 1. The Hall–Kier alpha value is -2.72. The van der Waals surface area contributed by atoms with E-state index in [1.165, 1.54) is 28.0 Å². The highest BCUT2D eigenvalue weighted by Crippen LogP contribution is 2.37. The van der Waals surface area contributed by atoms with Crippen molar-refractivity contribution in [1.82, 2.24) is 14.9 Å². The van der Waals surface area contributed by atoms with Gasteiger partial charge in [-0.25, -0.2) is 14.2 Å². The molecule has 2 aromatic heterocycles. The van der Waals surface area contributed by atoms with E-state index < -0.39 is 23.0 Å². The number of fused-ring (bicyclic) bond motifs is 3. The summed E-state index contributed by atoms with van der Waals surface area (Å²) in [5.41, 5.74) is 5.74. The lowest BCUT2D eigenvalue weighted by Gasteiger charge is -2.18. The Morgan fingerprint density at radius 3 is 2.84 bits per heavy atom. The van der Waals surface area contributed by atoms with E-state index in [4.69, 9.17) is 5.73 Å². The molecule has 0 unspecified atom stereocenters. The number of thioether (sulfide) groups is 1. The number of nitrogens with two attached hydrogens (primary N) is 1. The molecule has 1 aliphatic carbocycles. The van der Waals surface area contributed by atoms with Crippen LogP contribution in [0, 0.1) is 11.7 Å². The number of aryl methyl sites for hydroxylation is 1. The van der Waals surface area contributed by atoms with Crippen molar-refractivity contribution in [2.75, 3.05) is 0 Å². The van der Waals surface area contributed by atoms with Gasteiger partial charge < -0.3 is 5.73 Å². The molecule has 0 aliphatic heterocycles. The van der Waals surface area contributed by atoms with Gasteiger partial charge in [0, 0.05) is 4.88 Å². The van der Waals surface area contributed by atoms with Crippen molar-refractivity contribution in [1.29, 1.82) is 0 Å². The SMILES string of the molecule is C[C@H]1CCc2c(sc3nc(S[C@H](C)C(=O)NC(N)=O)n(-c4ccccc4F)c(=O)c23)C1. The highest BCUT2D eigenvalue weighted by Gasteiger charge is 2.27. The van der Waals surface area contributed by atoms with Gasteiger partial charge >= 0.3 is 6.03 Å². The molecule has 10 heteroatoms. The zero-order valence-electron chi connectivity index (χ0n) is 17.0. The maximum absolute atomic E-state index is 14.7. The van der Waals surface area contributed by atoms with E-state index in [1.807, 2.05) is 5.32 Å². The number of halogens is 1. The number of primary amides is 1. The molecule has 0 saturated carbocycles. The fourth-order valence-corrected chi connectivity index (χ4v) is 6.07. The van der Waals surface area contributed by atoms with Gasteiger partial charge in [0.05, 0.1) is 16.3 Å². The predicted molar refractivity (Wildman–Crippen MR) is 119 cm³/mol. The van der Waals surface area contributed by atoms with Gasteiger partial charge in [-0.2, -0.15) is 0 Å². The van der Waals surface area contributed by atoms with E-state index in [2.05, 4.69) is 11.9 Å². The maximum Gasteiger partial charge on any atom is 0.318 e. The summed E-state index contributed by atoms with van der Waals surface area (Å²) >= 11 is 2.45. The molecule has 2 heterocycles. The second kappa shape index (κ2) is 8.43. The first-order valence-corrected chi connectivity index (χ1v) is 11.5. The number of carbonyl (C=O) groups is 2. The molecule has 0 radical (unpaired) electrons. The molecule has 0 spiro atoms. The van der Waals surface area contributed by atoms with Crippen molar-refractivity contribution in [3.8, 4) is 5.69 Å². The summed E-state index contributed by atoms with van der Waals surface area (Å²) in [6.45, 7) is 3.74. The number of hydrogen-bond donors (Lipinski definition) is 2. The summed E-state index contributed by atoms with van der Waals surface area (Å²) < 4.78 is 15.9. The Bertz CT molecular complexity index is 1250. The molecule has 3 aromatic rings. The van der Waals surface area contributed by atoms with Gasteiger partial charge in [0.1, 0.15) is 10.6 Å². The van der Waals surface area contributed by atoms with Gasteiger partial charge in [0.25, 0.3) is 5.56 Å². The molecule has 7 nitrogen and oxygen atoms in total. The van der Waals surface area contributed by atoms with Crippen LogP contribution in [-0.2, 0) is 17.6 Å². The molecule has 31 heavy (non-hydrogen) atoms. The molecule has 3 amide bonds. The van der Waals surface area contributed by atoms with Gasteiger partial charge in [-0.3, -0.25) is 19.5 Å². The van der Waals surface area contributed by atoms with Gasteiger partial charge in [0.2, 0.25) is 5.91 Å². The summed E-state index contributed by atoms with van der Waals surface area (Å²) in [5.74, 6) is -0.661. The van der Waals surface area contributed by atoms with Crippen molar-refractivity contribution < 1.29 is 14.0 Å². The van der Waals surface area contributed by atoms with Gasteiger partial charge in [0.15, 0.2) is 5.16 Å². The summed E-state index contributed by atoms with van der Waals surface area (Å²) in [6.07, 6.45) is 2.66. The van der Waals surface area contributed by atoms with Crippen molar-refractivity contribution >= 4 is 45.3 Å². The average molecular weight is 461 g/mol. The number of carbonyl (C=O) groups excluding carboxylic acids is 2.